The summed E-state index contributed by atoms with van der Waals surface area (Å²) in [5, 5.41) is 0. The largest absolute Gasteiger partial charge is 0.371 e. The molecule has 2 aliphatic rings. The van der Waals surface area contributed by atoms with Crippen LogP contribution < -0.4 is 0 Å². The van der Waals surface area contributed by atoms with E-state index in [1.165, 1.54) is 0 Å². The Morgan fingerprint density at radius 3 is 2.43 bits per heavy atom. The molecule has 1 saturated heterocycles. The van der Waals surface area contributed by atoms with Crippen LogP contribution in [-0.4, -0.2) is 25.9 Å². The first-order chi connectivity index (χ1) is 6.49. The van der Waals surface area contributed by atoms with E-state index in [9.17, 15) is 12.3 Å². The third-order valence-corrected chi connectivity index (χ3v) is 3.99. The smallest absolute Gasteiger partial charge is 0.304 e. The Kier molecular flexibility index (Phi) is 2.55. The van der Waals surface area contributed by atoms with E-state index in [4.69, 9.17) is 4.74 Å². The SMILES string of the molecule is O=S(=O)(F)CC1CCCC2(CCC2)O1. The van der Waals surface area contributed by atoms with E-state index in [-0.39, 0.29) is 5.60 Å². The Hall–Kier alpha value is -0.160. The lowest BCUT2D eigenvalue weighted by Gasteiger charge is -2.47. The summed E-state index contributed by atoms with van der Waals surface area (Å²) in [6.07, 6.45) is 5.39. The minimum Gasteiger partial charge on any atom is -0.371 e. The predicted octanol–water partition coefficient (Wildman–Crippen LogP) is 1.78. The van der Waals surface area contributed by atoms with Crippen LogP contribution in [0.1, 0.15) is 38.5 Å². The molecule has 0 aromatic heterocycles. The van der Waals surface area contributed by atoms with Gasteiger partial charge >= 0.3 is 10.2 Å². The van der Waals surface area contributed by atoms with E-state index >= 15 is 0 Å². The highest BCUT2D eigenvalue weighted by Crippen LogP contribution is 2.44. The molecule has 1 spiro atoms. The summed E-state index contributed by atoms with van der Waals surface area (Å²) in [6, 6.07) is 0. The second kappa shape index (κ2) is 3.45. The van der Waals surface area contributed by atoms with Crippen LogP contribution >= 0.6 is 0 Å². The monoisotopic (exact) mass is 222 g/mol. The summed E-state index contributed by atoms with van der Waals surface area (Å²) >= 11 is 0. The molecule has 0 aromatic carbocycles. The molecule has 1 aliphatic carbocycles. The summed E-state index contributed by atoms with van der Waals surface area (Å²) < 4.78 is 39.0. The van der Waals surface area contributed by atoms with Crippen molar-refractivity contribution in [3.63, 3.8) is 0 Å². The Labute approximate surface area is 83.8 Å². The van der Waals surface area contributed by atoms with Crippen molar-refractivity contribution in [1.82, 2.24) is 0 Å². The molecule has 14 heavy (non-hydrogen) atoms. The zero-order valence-corrected chi connectivity index (χ0v) is 8.85. The van der Waals surface area contributed by atoms with Crippen LogP contribution in [0.15, 0.2) is 0 Å². The highest BCUT2D eigenvalue weighted by Gasteiger charge is 2.43. The molecule has 82 valence electrons. The van der Waals surface area contributed by atoms with Gasteiger partial charge in [0.05, 0.1) is 11.7 Å². The third-order valence-electron chi connectivity index (χ3n) is 3.22. The summed E-state index contributed by atoms with van der Waals surface area (Å²) in [5.74, 6) is -0.464. The van der Waals surface area contributed by atoms with E-state index in [0.717, 1.165) is 32.1 Å². The van der Waals surface area contributed by atoms with Crippen LogP contribution in [0.3, 0.4) is 0 Å². The molecule has 5 heteroatoms. The molecule has 1 unspecified atom stereocenters. The second-order valence-electron chi connectivity index (χ2n) is 4.37. The first-order valence-electron chi connectivity index (χ1n) is 5.09. The molecule has 0 N–H and O–H groups in total. The van der Waals surface area contributed by atoms with Gasteiger partial charge in [0.25, 0.3) is 0 Å². The molecule has 0 amide bonds. The van der Waals surface area contributed by atoms with Crippen molar-refractivity contribution >= 4 is 10.2 Å². The molecule has 0 aromatic rings. The third kappa shape index (κ3) is 2.25. The first kappa shape index (κ1) is 10.4. The number of hydrogen-bond donors (Lipinski definition) is 0. The number of halogens is 1. The molecule has 2 rings (SSSR count). The average Bonchev–Trinajstić information content (AvgIpc) is 1.99. The molecule has 1 saturated carbocycles. The zero-order valence-electron chi connectivity index (χ0n) is 8.04. The molecule has 0 bridgehead atoms. The zero-order chi connectivity index (χ0) is 10.2. The number of rotatable bonds is 2. The summed E-state index contributed by atoms with van der Waals surface area (Å²) in [7, 11) is -4.38. The molecule has 1 atom stereocenters. The van der Waals surface area contributed by atoms with Crippen molar-refractivity contribution in [3.05, 3.63) is 0 Å². The molecule has 1 heterocycles. The summed E-state index contributed by atoms with van der Waals surface area (Å²) in [4.78, 5) is 0. The van der Waals surface area contributed by atoms with Gasteiger partial charge in [0.2, 0.25) is 0 Å². The Morgan fingerprint density at radius 2 is 1.93 bits per heavy atom. The van der Waals surface area contributed by atoms with Crippen molar-refractivity contribution in [3.8, 4) is 0 Å². The first-order valence-corrected chi connectivity index (χ1v) is 6.65. The lowest BCUT2D eigenvalue weighted by Crippen LogP contribution is -2.47. The van der Waals surface area contributed by atoms with E-state index < -0.39 is 22.1 Å². The van der Waals surface area contributed by atoms with Gasteiger partial charge in [0.1, 0.15) is 5.75 Å². The van der Waals surface area contributed by atoms with Crippen molar-refractivity contribution in [2.75, 3.05) is 5.75 Å². The topological polar surface area (TPSA) is 43.4 Å². The Bertz CT molecular complexity index is 308. The lowest BCUT2D eigenvalue weighted by atomic mass is 9.74. The minimum absolute atomic E-state index is 0.0897. The van der Waals surface area contributed by atoms with Gasteiger partial charge in [-0.15, -0.1) is 3.89 Å². The highest BCUT2D eigenvalue weighted by atomic mass is 32.3. The molecule has 0 radical (unpaired) electrons. The van der Waals surface area contributed by atoms with Gasteiger partial charge in [-0.2, -0.15) is 8.42 Å². The normalized spacial score (nSPS) is 31.4. The van der Waals surface area contributed by atoms with Crippen LogP contribution in [0, 0.1) is 0 Å². The van der Waals surface area contributed by atoms with E-state index in [0.29, 0.717) is 6.42 Å². The van der Waals surface area contributed by atoms with Gasteiger partial charge in [0.15, 0.2) is 0 Å². The van der Waals surface area contributed by atoms with E-state index in [2.05, 4.69) is 0 Å². The fraction of sp³-hybridized carbons (Fsp3) is 1.00. The van der Waals surface area contributed by atoms with Gasteiger partial charge in [-0.3, -0.25) is 0 Å². The number of hydrogen-bond acceptors (Lipinski definition) is 3. The van der Waals surface area contributed by atoms with Crippen molar-refractivity contribution in [2.45, 2.75) is 50.2 Å². The van der Waals surface area contributed by atoms with Gasteiger partial charge in [-0.05, 0) is 38.5 Å². The van der Waals surface area contributed by atoms with Gasteiger partial charge in [-0.25, -0.2) is 0 Å². The van der Waals surface area contributed by atoms with Gasteiger partial charge in [0, 0.05) is 0 Å². The molecule has 2 fully saturated rings. The molecule has 3 nitrogen and oxygen atoms in total. The Balaban J connectivity index is 1.94. The maximum Gasteiger partial charge on any atom is 0.304 e. The maximum absolute atomic E-state index is 12.4. The van der Waals surface area contributed by atoms with Crippen LogP contribution in [0.25, 0.3) is 0 Å². The fourth-order valence-electron chi connectivity index (χ4n) is 2.40. The van der Waals surface area contributed by atoms with Crippen LogP contribution in [0.2, 0.25) is 0 Å². The van der Waals surface area contributed by atoms with Crippen molar-refractivity contribution in [1.29, 1.82) is 0 Å². The van der Waals surface area contributed by atoms with E-state index in [1.807, 2.05) is 0 Å². The highest BCUT2D eigenvalue weighted by molar-refractivity contribution is 7.86. The minimum atomic E-state index is -4.38. The van der Waals surface area contributed by atoms with Crippen molar-refractivity contribution in [2.24, 2.45) is 0 Å². The molecule has 1 aliphatic heterocycles. The van der Waals surface area contributed by atoms with Gasteiger partial charge < -0.3 is 4.74 Å². The fourth-order valence-corrected chi connectivity index (χ4v) is 3.08. The van der Waals surface area contributed by atoms with E-state index in [1.54, 1.807) is 0 Å². The van der Waals surface area contributed by atoms with Crippen LogP contribution in [0.4, 0.5) is 3.89 Å². The van der Waals surface area contributed by atoms with Gasteiger partial charge in [-0.1, -0.05) is 0 Å². The maximum atomic E-state index is 12.4. The standard InChI is InChI=1S/C9H15FO3S/c10-14(11,12)7-8-3-1-4-9(13-8)5-2-6-9/h8H,1-7H2. The van der Waals surface area contributed by atoms with Crippen LogP contribution in [-0.2, 0) is 15.0 Å². The molecular formula is C9H15FO3S. The quantitative estimate of drug-likeness (QED) is 0.669. The second-order valence-corrected chi connectivity index (χ2v) is 5.79. The average molecular weight is 222 g/mol. The number of ether oxygens (including phenoxy) is 1. The summed E-state index contributed by atoms with van der Waals surface area (Å²) in [6.45, 7) is 0. The van der Waals surface area contributed by atoms with Crippen LogP contribution in [0.5, 0.6) is 0 Å². The van der Waals surface area contributed by atoms with Crippen molar-refractivity contribution < 1.29 is 17.0 Å². The lowest BCUT2D eigenvalue weighted by molar-refractivity contribution is -0.161. The molecular weight excluding hydrogens is 207 g/mol. The Morgan fingerprint density at radius 1 is 1.29 bits per heavy atom. The summed E-state index contributed by atoms with van der Waals surface area (Å²) in [5.41, 5.74) is -0.0897. The predicted molar refractivity (Wildman–Crippen MR) is 50.2 cm³/mol.